The molecule has 1 fully saturated rings. The van der Waals surface area contributed by atoms with Crippen molar-refractivity contribution in [2.24, 2.45) is 0 Å². The van der Waals surface area contributed by atoms with Crippen LogP contribution in [0, 0.1) is 12.7 Å². The summed E-state index contributed by atoms with van der Waals surface area (Å²) in [6.07, 6.45) is 2.64. The predicted molar refractivity (Wildman–Crippen MR) is 73.1 cm³/mol. The standard InChI is InChI=1S/C15H23FN2/c1-12-5-6-14(15(16)9-12)10-17-13(2)11-18-7-3-4-8-18/h5-6,9,13,17H,3-4,7-8,10-11H2,1-2H3. The molecule has 1 aliphatic rings. The van der Waals surface area contributed by atoms with Gasteiger partial charge in [-0.2, -0.15) is 0 Å². The largest absolute Gasteiger partial charge is 0.309 e. The van der Waals surface area contributed by atoms with Gasteiger partial charge in [0, 0.05) is 24.7 Å². The Kier molecular flexibility index (Phi) is 4.72. The Morgan fingerprint density at radius 2 is 2.06 bits per heavy atom. The summed E-state index contributed by atoms with van der Waals surface area (Å²) >= 11 is 0. The van der Waals surface area contributed by atoms with Crippen molar-refractivity contribution in [3.05, 3.63) is 35.1 Å². The molecule has 1 aliphatic heterocycles. The minimum absolute atomic E-state index is 0.101. The summed E-state index contributed by atoms with van der Waals surface area (Å²) < 4.78 is 13.7. The number of likely N-dealkylation sites (tertiary alicyclic amines) is 1. The molecule has 0 saturated carbocycles. The molecule has 1 saturated heterocycles. The Hall–Kier alpha value is -0.930. The van der Waals surface area contributed by atoms with Gasteiger partial charge in [0.15, 0.2) is 0 Å². The number of halogens is 1. The van der Waals surface area contributed by atoms with E-state index in [9.17, 15) is 4.39 Å². The van der Waals surface area contributed by atoms with E-state index < -0.39 is 0 Å². The van der Waals surface area contributed by atoms with Gasteiger partial charge in [-0.1, -0.05) is 12.1 Å². The Bertz CT molecular complexity index is 386. The summed E-state index contributed by atoms with van der Waals surface area (Å²) in [4.78, 5) is 2.48. The van der Waals surface area contributed by atoms with Crippen molar-refractivity contribution in [2.75, 3.05) is 19.6 Å². The van der Waals surface area contributed by atoms with E-state index >= 15 is 0 Å². The maximum Gasteiger partial charge on any atom is 0.127 e. The van der Waals surface area contributed by atoms with Crippen LogP contribution >= 0.6 is 0 Å². The van der Waals surface area contributed by atoms with Crippen LogP contribution in [0.15, 0.2) is 18.2 Å². The maximum absolute atomic E-state index is 13.7. The zero-order chi connectivity index (χ0) is 13.0. The van der Waals surface area contributed by atoms with Crippen molar-refractivity contribution in [2.45, 2.75) is 39.3 Å². The number of aryl methyl sites for hydroxylation is 1. The zero-order valence-corrected chi connectivity index (χ0v) is 11.4. The SMILES string of the molecule is Cc1ccc(CNC(C)CN2CCCC2)c(F)c1. The fourth-order valence-corrected chi connectivity index (χ4v) is 2.50. The van der Waals surface area contributed by atoms with Crippen molar-refractivity contribution >= 4 is 0 Å². The molecule has 2 rings (SSSR count). The summed E-state index contributed by atoms with van der Waals surface area (Å²) in [6.45, 7) is 8.19. The number of hydrogen-bond acceptors (Lipinski definition) is 2. The van der Waals surface area contributed by atoms with Gasteiger partial charge in [0.1, 0.15) is 5.82 Å². The highest BCUT2D eigenvalue weighted by molar-refractivity contribution is 5.23. The molecule has 1 atom stereocenters. The summed E-state index contributed by atoms with van der Waals surface area (Å²) in [6, 6.07) is 5.84. The molecule has 1 aromatic rings. The Morgan fingerprint density at radius 1 is 1.33 bits per heavy atom. The summed E-state index contributed by atoms with van der Waals surface area (Å²) in [7, 11) is 0. The predicted octanol–water partition coefficient (Wildman–Crippen LogP) is 2.71. The lowest BCUT2D eigenvalue weighted by Crippen LogP contribution is -2.37. The molecule has 3 heteroatoms. The van der Waals surface area contributed by atoms with E-state index in [1.54, 1.807) is 6.07 Å². The van der Waals surface area contributed by atoms with Gasteiger partial charge < -0.3 is 10.2 Å². The summed E-state index contributed by atoms with van der Waals surface area (Å²) in [5.74, 6) is -0.101. The van der Waals surface area contributed by atoms with Gasteiger partial charge in [-0.15, -0.1) is 0 Å². The van der Waals surface area contributed by atoms with E-state index in [-0.39, 0.29) is 5.82 Å². The van der Waals surface area contributed by atoms with Gasteiger partial charge in [-0.3, -0.25) is 0 Å². The number of nitrogens with zero attached hydrogens (tertiary/aromatic N) is 1. The normalized spacial score (nSPS) is 18.2. The average Bonchev–Trinajstić information content (AvgIpc) is 2.80. The van der Waals surface area contributed by atoms with E-state index in [2.05, 4.69) is 17.1 Å². The monoisotopic (exact) mass is 250 g/mol. The number of nitrogens with one attached hydrogen (secondary N) is 1. The molecule has 100 valence electrons. The fourth-order valence-electron chi connectivity index (χ4n) is 2.50. The van der Waals surface area contributed by atoms with Crippen molar-refractivity contribution in [1.29, 1.82) is 0 Å². The van der Waals surface area contributed by atoms with Crippen LogP contribution in [-0.4, -0.2) is 30.6 Å². The molecular formula is C15H23FN2. The lowest BCUT2D eigenvalue weighted by molar-refractivity contribution is 0.297. The van der Waals surface area contributed by atoms with Crippen LogP contribution in [0.25, 0.3) is 0 Å². The van der Waals surface area contributed by atoms with E-state index in [0.29, 0.717) is 12.6 Å². The summed E-state index contributed by atoms with van der Waals surface area (Å²) in [5.41, 5.74) is 1.73. The fraction of sp³-hybridized carbons (Fsp3) is 0.600. The van der Waals surface area contributed by atoms with Crippen LogP contribution in [0.5, 0.6) is 0 Å². The van der Waals surface area contributed by atoms with E-state index in [4.69, 9.17) is 0 Å². The Labute approximate surface area is 109 Å². The van der Waals surface area contributed by atoms with Crippen molar-refractivity contribution in [3.8, 4) is 0 Å². The maximum atomic E-state index is 13.7. The van der Waals surface area contributed by atoms with Gasteiger partial charge in [-0.05, 0) is 51.4 Å². The van der Waals surface area contributed by atoms with E-state index in [0.717, 1.165) is 17.7 Å². The van der Waals surface area contributed by atoms with Gasteiger partial charge in [0.05, 0.1) is 0 Å². The highest BCUT2D eigenvalue weighted by Crippen LogP contribution is 2.11. The molecule has 18 heavy (non-hydrogen) atoms. The van der Waals surface area contributed by atoms with Crippen LogP contribution < -0.4 is 5.32 Å². The minimum Gasteiger partial charge on any atom is -0.309 e. The second-order valence-corrected chi connectivity index (χ2v) is 5.38. The molecule has 0 spiro atoms. The molecule has 0 radical (unpaired) electrons. The van der Waals surface area contributed by atoms with Crippen LogP contribution in [0.2, 0.25) is 0 Å². The average molecular weight is 250 g/mol. The van der Waals surface area contributed by atoms with Gasteiger partial charge in [0.25, 0.3) is 0 Å². The highest BCUT2D eigenvalue weighted by atomic mass is 19.1. The first-order valence-corrected chi connectivity index (χ1v) is 6.86. The topological polar surface area (TPSA) is 15.3 Å². The van der Waals surface area contributed by atoms with Crippen LogP contribution in [0.1, 0.15) is 30.9 Å². The zero-order valence-electron chi connectivity index (χ0n) is 11.4. The number of benzene rings is 1. The van der Waals surface area contributed by atoms with Crippen molar-refractivity contribution < 1.29 is 4.39 Å². The first kappa shape index (κ1) is 13.5. The number of rotatable bonds is 5. The first-order chi connectivity index (χ1) is 8.65. The second kappa shape index (κ2) is 6.30. The summed E-state index contributed by atoms with van der Waals surface area (Å²) in [5, 5.41) is 3.40. The second-order valence-electron chi connectivity index (χ2n) is 5.38. The van der Waals surface area contributed by atoms with Crippen molar-refractivity contribution in [1.82, 2.24) is 10.2 Å². The molecule has 0 aromatic heterocycles. The van der Waals surface area contributed by atoms with Gasteiger partial charge >= 0.3 is 0 Å². The molecule has 0 bridgehead atoms. The van der Waals surface area contributed by atoms with Crippen LogP contribution in [-0.2, 0) is 6.54 Å². The molecule has 0 amide bonds. The molecule has 1 N–H and O–H groups in total. The van der Waals surface area contributed by atoms with Crippen molar-refractivity contribution in [3.63, 3.8) is 0 Å². The molecule has 2 nitrogen and oxygen atoms in total. The molecule has 0 aliphatic carbocycles. The molecule has 1 heterocycles. The third-order valence-corrected chi connectivity index (χ3v) is 3.58. The third-order valence-electron chi connectivity index (χ3n) is 3.58. The van der Waals surface area contributed by atoms with Gasteiger partial charge in [-0.25, -0.2) is 4.39 Å². The first-order valence-electron chi connectivity index (χ1n) is 6.86. The van der Waals surface area contributed by atoms with Crippen LogP contribution in [0.3, 0.4) is 0 Å². The minimum atomic E-state index is -0.101. The van der Waals surface area contributed by atoms with Crippen LogP contribution in [0.4, 0.5) is 4.39 Å². The smallest absolute Gasteiger partial charge is 0.127 e. The van der Waals surface area contributed by atoms with Gasteiger partial charge in [0.2, 0.25) is 0 Å². The lowest BCUT2D eigenvalue weighted by atomic mass is 10.1. The molecular weight excluding hydrogens is 227 g/mol. The third kappa shape index (κ3) is 3.79. The quantitative estimate of drug-likeness (QED) is 0.864. The highest BCUT2D eigenvalue weighted by Gasteiger charge is 2.14. The molecule has 1 unspecified atom stereocenters. The number of hydrogen-bond donors (Lipinski definition) is 1. The Balaban J connectivity index is 1.79. The Morgan fingerprint density at radius 3 is 2.72 bits per heavy atom. The lowest BCUT2D eigenvalue weighted by Gasteiger charge is -2.21. The van der Waals surface area contributed by atoms with E-state index in [1.165, 1.54) is 25.9 Å². The molecule has 1 aromatic carbocycles. The van der Waals surface area contributed by atoms with E-state index in [1.807, 2.05) is 19.1 Å².